The van der Waals surface area contributed by atoms with Crippen LogP contribution in [0.15, 0.2) is 24.3 Å². The third-order valence-corrected chi connectivity index (χ3v) is 2.39. The highest BCUT2D eigenvalue weighted by Crippen LogP contribution is 2.12. The van der Waals surface area contributed by atoms with Crippen LogP contribution in [0.2, 0.25) is 0 Å². The molecular formula is C12H11BrFN. The van der Waals surface area contributed by atoms with Crippen molar-refractivity contribution in [3.05, 3.63) is 41.2 Å². The number of allylic oxidation sites excluding steroid dienone is 1. The summed E-state index contributed by atoms with van der Waals surface area (Å²) in [6.07, 6.45) is 4.90. The fraction of sp³-hybridized carbons (Fsp3) is 0.250. The highest BCUT2D eigenvalue weighted by atomic mass is 79.9. The molecule has 0 saturated carbocycles. The van der Waals surface area contributed by atoms with Gasteiger partial charge in [0.1, 0.15) is 5.82 Å². The highest BCUT2D eigenvalue weighted by Gasteiger charge is 2.00. The first kappa shape index (κ1) is 11.9. The second-order valence-electron chi connectivity index (χ2n) is 3.07. The van der Waals surface area contributed by atoms with Crippen LogP contribution in [0, 0.1) is 17.1 Å². The Morgan fingerprint density at radius 1 is 1.47 bits per heavy atom. The van der Waals surface area contributed by atoms with Gasteiger partial charge < -0.3 is 0 Å². The quantitative estimate of drug-likeness (QED) is 0.764. The van der Waals surface area contributed by atoms with E-state index in [0.717, 1.165) is 17.3 Å². The minimum Gasteiger partial charge on any atom is -0.207 e. The van der Waals surface area contributed by atoms with Crippen molar-refractivity contribution in [3.63, 3.8) is 0 Å². The zero-order chi connectivity index (χ0) is 11.1. The molecule has 1 aromatic rings. The fourth-order valence-corrected chi connectivity index (χ4v) is 1.44. The number of hydrogen-bond acceptors (Lipinski definition) is 1. The van der Waals surface area contributed by atoms with Gasteiger partial charge in [-0.25, -0.2) is 4.39 Å². The van der Waals surface area contributed by atoms with Crippen LogP contribution in [0.25, 0.3) is 6.08 Å². The van der Waals surface area contributed by atoms with E-state index in [2.05, 4.69) is 15.9 Å². The van der Waals surface area contributed by atoms with Gasteiger partial charge in [0.15, 0.2) is 0 Å². The van der Waals surface area contributed by atoms with Crippen LogP contribution in [0.5, 0.6) is 0 Å². The Bertz CT molecular complexity index is 393. The van der Waals surface area contributed by atoms with Crippen LogP contribution in [-0.2, 0) is 6.42 Å². The van der Waals surface area contributed by atoms with Crippen LogP contribution in [0.3, 0.4) is 0 Å². The van der Waals surface area contributed by atoms with Gasteiger partial charge in [-0.3, -0.25) is 0 Å². The maximum atomic E-state index is 13.4. The lowest BCUT2D eigenvalue weighted by atomic mass is 10.1. The molecule has 0 aliphatic rings. The third kappa shape index (κ3) is 3.85. The van der Waals surface area contributed by atoms with Gasteiger partial charge in [0.05, 0.1) is 12.5 Å². The Labute approximate surface area is 97.4 Å². The van der Waals surface area contributed by atoms with Crippen molar-refractivity contribution in [2.24, 2.45) is 0 Å². The van der Waals surface area contributed by atoms with Gasteiger partial charge in [0, 0.05) is 10.9 Å². The first-order valence-electron chi connectivity index (χ1n) is 4.66. The predicted octanol–water partition coefficient (Wildman–Crippen LogP) is 3.69. The van der Waals surface area contributed by atoms with E-state index in [4.69, 9.17) is 5.26 Å². The average Bonchev–Trinajstić information content (AvgIpc) is 2.23. The summed E-state index contributed by atoms with van der Waals surface area (Å²) in [5, 5.41) is 9.35. The molecule has 1 rings (SSSR count). The van der Waals surface area contributed by atoms with E-state index in [1.165, 1.54) is 6.07 Å². The number of nitriles is 1. The second-order valence-corrected chi connectivity index (χ2v) is 3.86. The fourth-order valence-electron chi connectivity index (χ4n) is 1.18. The highest BCUT2D eigenvalue weighted by molar-refractivity contribution is 9.09. The lowest BCUT2D eigenvalue weighted by Gasteiger charge is -1.99. The first-order chi connectivity index (χ1) is 7.27. The molecule has 0 amide bonds. The van der Waals surface area contributed by atoms with E-state index in [1.54, 1.807) is 6.07 Å². The Balaban J connectivity index is 2.78. The minimum atomic E-state index is -0.308. The lowest BCUT2D eigenvalue weighted by molar-refractivity contribution is 0.615. The predicted molar refractivity (Wildman–Crippen MR) is 63.2 cm³/mol. The smallest absolute Gasteiger partial charge is 0.128 e. The molecular weight excluding hydrogens is 257 g/mol. The van der Waals surface area contributed by atoms with E-state index in [-0.39, 0.29) is 12.2 Å². The van der Waals surface area contributed by atoms with Gasteiger partial charge in [-0.1, -0.05) is 40.2 Å². The molecule has 0 atom stereocenters. The number of nitrogens with zero attached hydrogens (tertiary/aromatic N) is 1. The molecule has 0 bridgehead atoms. The van der Waals surface area contributed by atoms with Crippen molar-refractivity contribution in [1.82, 2.24) is 0 Å². The number of alkyl halides is 1. The molecule has 0 aromatic heterocycles. The lowest BCUT2D eigenvalue weighted by Crippen LogP contribution is -1.88. The Morgan fingerprint density at radius 3 is 2.87 bits per heavy atom. The molecule has 15 heavy (non-hydrogen) atoms. The van der Waals surface area contributed by atoms with E-state index < -0.39 is 0 Å². The van der Waals surface area contributed by atoms with Crippen LogP contribution < -0.4 is 0 Å². The summed E-state index contributed by atoms with van der Waals surface area (Å²) in [4.78, 5) is 0. The van der Waals surface area contributed by atoms with Crippen LogP contribution in [-0.4, -0.2) is 5.33 Å². The SMILES string of the molecule is N#CCc1ccc(C=CCCBr)cc1F. The minimum absolute atomic E-state index is 0.122. The average molecular weight is 268 g/mol. The van der Waals surface area contributed by atoms with E-state index >= 15 is 0 Å². The maximum Gasteiger partial charge on any atom is 0.128 e. The summed E-state index contributed by atoms with van der Waals surface area (Å²) < 4.78 is 13.4. The normalized spacial score (nSPS) is 10.5. The third-order valence-electron chi connectivity index (χ3n) is 1.93. The molecule has 0 fully saturated rings. The summed E-state index contributed by atoms with van der Waals surface area (Å²) >= 11 is 3.31. The van der Waals surface area contributed by atoms with Crippen LogP contribution >= 0.6 is 15.9 Å². The summed E-state index contributed by atoms with van der Waals surface area (Å²) in [5.74, 6) is -0.308. The van der Waals surface area contributed by atoms with Gasteiger partial charge in [0.25, 0.3) is 0 Å². The maximum absolute atomic E-state index is 13.4. The van der Waals surface area contributed by atoms with E-state index in [1.807, 2.05) is 24.3 Å². The first-order valence-corrected chi connectivity index (χ1v) is 5.78. The van der Waals surface area contributed by atoms with Gasteiger partial charge >= 0.3 is 0 Å². The number of hydrogen-bond donors (Lipinski definition) is 0. The van der Waals surface area contributed by atoms with Crippen molar-refractivity contribution in [3.8, 4) is 6.07 Å². The Morgan fingerprint density at radius 2 is 2.27 bits per heavy atom. The topological polar surface area (TPSA) is 23.8 Å². The molecule has 3 heteroatoms. The molecule has 1 aromatic carbocycles. The molecule has 0 saturated heterocycles. The molecule has 0 aliphatic heterocycles. The van der Waals surface area contributed by atoms with Crippen molar-refractivity contribution in [2.45, 2.75) is 12.8 Å². The second kappa shape index (κ2) is 6.36. The van der Waals surface area contributed by atoms with Crippen LogP contribution in [0.1, 0.15) is 17.5 Å². The van der Waals surface area contributed by atoms with Gasteiger partial charge in [-0.15, -0.1) is 0 Å². The molecule has 0 N–H and O–H groups in total. The van der Waals surface area contributed by atoms with Gasteiger partial charge in [0.2, 0.25) is 0 Å². The van der Waals surface area contributed by atoms with E-state index in [9.17, 15) is 4.39 Å². The number of benzene rings is 1. The standard InChI is InChI=1S/C12H11BrFN/c13-7-2-1-3-10-4-5-11(6-8-15)12(14)9-10/h1,3-5,9H,2,6-7H2. The molecule has 0 radical (unpaired) electrons. The van der Waals surface area contributed by atoms with Crippen molar-refractivity contribution in [1.29, 1.82) is 5.26 Å². The zero-order valence-corrected chi connectivity index (χ0v) is 9.80. The summed E-state index contributed by atoms with van der Waals surface area (Å²) in [6, 6.07) is 6.87. The molecule has 0 aliphatic carbocycles. The Kier molecular flexibility index (Phi) is 5.06. The summed E-state index contributed by atoms with van der Waals surface area (Å²) in [7, 11) is 0. The largest absolute Gasteiger partial charge is 0.207 e. The number of halogens is 2. The molecule has 78 valence electrons. The zero-order valence-electron chi connectivity index (χ0n) is 8.21. The van der Waals surface area contributed by atoms with E-state index in [0.29, 0.717) is 5.56 Å². The van der Waals surface area contributed by atoms with Crippen molar-refractivity contribution < 1.29 is 4.39 Å². The molecule has 0 spiro atoms. The molecule has 1 nitrogen and oxygen atoms in total. The Hall–Kier alpha value is -1.14. The van der Waals surface area contributed by atoms with Crippen molar-refractivity contribution in [2.75, 3.05) is 5.33 Å². The van der Waals surface area contributed by atoms with Crippen molar-refractivity contribution >= 4 is 22.0 Å². The summed E-state index contributed by atoms with van der Waals surface area (Å²) in [6.45, 7) is 0. The van der Waals surface area contributed by atoms with Crippen LogP contribution in [0.4, 0.5) is 4.39 Å². The van der Waals surface area contributed by atoms with Gasteiger partial charge in [-0.2, -0.15) is 5.26 Å². The monoisotopic (exact) mass is 267 g/mol. The number of rotatable bonds is 4. The molecule has 0 heterocycles. The summed E-state index contributed by atoms with van der Waals surface area (Å²) in [5.41, 5.74) is 1.28. The molecule has 0 unspecified atom stereocenters. The van der Waals surface area contributed by atoms with Gasteiger partial charge in [-0.05, 0) is 18.1 Å².